The van der Waals surface area contributed by atoms with Crippen LogP contribution in [0.4, 0.5) is 0 Å². The minimum atomic E-state index is 0.378. The van der Waals surface area contributed by atoms with E-state index in [9.17, 15) is 0 Å². The van der Waals surface area contributed by atoms with Crippen LogP contribution in [0.25, 0.3) is 10.2 Å². The number of nitrogens with zero attached hydrogens (tertiary/aromatic N) is 2. The highest BCUT2D eigenvalue weighted by atomic mass is 35.5. The quantitative estimate of drug-likeness (QED) is 0.525. The van der Waals surface area contributed by atoms with E-state index >= 15 is 0 Å². The van der Waals surface area contributed by atoms with Crippen molar-refractivity contribution in [3.05, 3.63) is 64.1 Å². The first-order valence-electron chi connectivity index (χ1n) is 6.06. The predicted molar refractivity (Wildman–Crippen MR) is 83.5 cm³/mol. The molecule has 0 N–H and O–H groups in total. The predicted octanol–water partition coefficient (Wildman–Crippen LogP) is 4.50. The van der Waals surface area contributed by atoms with E-state index in [1.807, 2.05) is 48.5 Å². The summed E-state index contributed by atoms with van der Waals surface area (Å²) in [5.41, 5.74) is 1.94. The van der Waals surface area contributed by atoms with Crippen LogP contribution >= 0.6 is 22.9 Å². The van der Waals surface area contributed by atoms with Crippen molar-refractivity contribution in [3.8, 4) is 0 Å². The molecule has 5 heteroatoms. The monoisotopic (exact) mass is 302 g/mol. The van der Waals surface area contributed by atoms with E-state index in [0.29, 0.717) is 11.6 Å². The maximum absolute atomic E-state index is 5.81. The molecule has 0 saturated heterocycles. The van der Waals surface area contributed by atoms with Gasteiger partial charge in [-0.3, -0.25) is 0 Å². The first kappa shape index (κ1) is 13.1. The number of thiazole rings is 1. The Balaban J connectivity index is 1.60. The van der Waals surface area contributed by atoms with Gasteiger partial charge >= 0.3 is 0 Å². The molecule has 0 amide bonds. The molecule has 100 valence electrons. The fourth-order valence-corrected chi connectivity index (χ4v) is 2.72. The molecule has 0 saturated carbocycles. The van der Waals surface area contributed by atoms with Gasteiger partial charge in [-0.15, -0.1) is 11.3 Å². The molecule has 3 nitrogen and oxygen atoms in total. The van der Waals surface area contributed by atoms with Crippen molar-refractivity contribution in [1.29, 1.82) is 0 Å². The fraction of sp³-hybridized carbons (Fsp3) is 0.0667. The zero-order valence-corrected chi connectivity index (χ0v) is 12.1. The highest BCUT2D eigenvalue weighted by Crippen LogP contribution is 2.21. The van der Waals surface area contributed by atoms with Gasteiger partial charge in [0.25, 0.3) is 0 Å². The van der Waals surface area contributed by atoms with Crippen LogP contribution in [0.5, 0.6) is 0 Å². The van der Waals surface area contributed by atoms with Gasteiger partial charge in [-0.25, -0.2) is 4.98 Å². The van der Waals surface area contributed by atoms with Crippen molar-refractivity contribution in [1.82, 2.24) is 4.98 Å². The maximum Gasteiger partial charge on any atom is 0.168 e. The molecule has 2 aromatic carbocycles. The van der Waals surface area contributed by atoms with Crippen LogP contribution < -0.4 is 0 Å². The van der Waals surface area contributed by atoms with E-state index in [1.165, 1.54) is 0 Å². The molecule has 0 radical (unpaired) electrons. The molecule has 20 heavy (non-hydrogen) atoms. The number of rotatable bonds is 4. The molecule has 0 unspecified atom stereocenters. The Morgan fingerprint density at radius 2 is 1.95 bits per heavy atom. The molecular weight excluding hydrogens is 292 g/mol. The maximum atomic E-state index is 5.81. The van der Waals surface area contributed by atoms with Gasteiger partial charge in [0.2, 0.25) is 0 Å². The normalized spacial score (nSPS) is 11.2. The highest BCUT2D eigenvalue weighted by Gasteiger charge is 2.02. The third-order valence-electron chi connectivity index (χ3n) is 2.67. The lowest BCUT2D eigenvalue weighted by molar-refractivity contribution is 0.132. The van der Waals surface area contributed by atoms with Crippen molar-refractivity contribution in [2.45, 2.75) is 6.61 Å². The van der Waals surface area contributed by atoms with E-state index in [-0.39, 0.29) is 0 Å². The smallest absolute Gasteiger partial charge is 0.168 e. The van der Waals surface area contributed by atoms with Crippen molar-refractivity contribution in [3.63, 3.8) is 0 Å². The second-order valence-corrected chi connectivity index (χ2v) is 5.69. The minimum absolute atomic E-state index is 0.378. The Kier molecular flexibility index (Phi) is 3.95. The Morgan fingerprint density at radius 3 is 2.75 bits per heavy atom. The van der Waals surface area contributed by atoms with Gasteiger partial charge in [0.1, 0.15) is 5.01 Å². The first-order valence-corrected chi connectivity index (χ1v) is 7.26. The van der Waals surface area contributed by atoms with Gasteiger partial charge in [-0.2, -0.15) is 0 Å². The number of benzene rings is 2. The fourth-order valence-electron chi connectivity index (χ4n) is 1.72. The molecule has 0 fully saturated rings. The molecule has 0 spiro atoms. The van der Waals surface area contributed by atoms with Crippen molar-refractivity contribution in [2.75, 3.05) is 0 Å². The number of halogens is 1. The summed E-state index contributed by atoms with van der Waals surface area (Å²) >= 11 is 7.43. The minimum Gasteiger partial charge on any atom is -0.388 e. The van der Waals surface area contributed by atoms with E-state index in [1.54, 1.807) is 17.6 Å². The third kappa shape index (κ3) is 3.15. The van der Waals surface area contributed by atoms with Crippen LogP contribution in [-0.2, 0) is 11.4 Å². The Labute approximate surface area is 125 Å². The van der Waals surface area contributed by atoms with Crippen molar-refractivity contribution >= 4 is 39.4 Å². The van der Waals surface area contributed by atoms with E-state index < -0.39 is 0 Å². The van der Waals surface area contributed by atoms with Crippen LogP contribution in [0, 0.1) is 0 Å². The number of fused-ring (bicyclic) bond motifs is 1. The average Bonchev–Trinajstić information content (AvgIpc) is 2.88. The Bertz CT molecular complexity index is 704. The average molecular weight is 303 g/mol. The largest absolute Gasteiger partial charge is 0.388 e. The zero-order valence-electron chi connectivity index (χ0n) is 10.5. The summed E-state index contributed by atoms with van der Waals surface area (Å²) in [5, 5.41) is 5.56. The zero-order chi connectivity index (χ0) is 13.8. The SMILES string of the molecule is Clc1ccc(/C=N\OCc2nc3ccccc3s2)cc1. The number of hydrogen-bond donors (Lipinski definition) is 0. The number of para-hydroxylation sites is 1. The number of aromatic nitrogens is 1. The topological polar surface area (TPSA) is 34.5 Å². The second-order valence-electron chi connectivity index (χ2n) is 4.13. The third-order valence-corrected chi connectivity index (χ3v) is 3.93. The van der Waals surface area contributed by atoms with Gasteiger partial charge in [0.05, 0.1) is 16.4 Å². The van der Waals surface area contributed by atoms with E-state index in [0.717, 1.165) is 20.8 Å². The lowest BCUT2D eigenvalue weighted by atomic mass is 10.2. The summed E-state index contributed by atoms with van der Waals surface area (Å²) in [5.74, 6) is 0. The van der Waals surface area contributed by atoms with Gasteiger partial charge in [0.15, 0.2) is 6.61 Å². The second kappa shape index (κ2) is 6.03. The van der Waals surface area contributed by atoms with Gasteiger partial charge in [0, 0.05) is 5.02 Å². The van der Waals surface area contributed by atoms with E-state index in [4.69, 9.17) is 16.4 Å². The molecule has 1 heterocycles. The summed E-state index contributed by atoms with van der Waals surface area (Å²) in [6, 6.07) is 15.4. The molecule has 3 rings (SSSR count). The van der Waals surface area contributed by atoms with Crippen molar-refractivity contribution in [2.24, 2.45) is 5.16 Å². The van der Waals surface area contributed by atoms with Crippen molar-refractivity contribution < 1.29 is 4.84 Å². The summed E-state index contributed by atoms with van der Waals surface area (Å²) in [6.07, 6.45) is 1.66. The summed E-state index contributed by atoms with van der Waals surface area (Å²) < 4.78 is 1.16. The van der Waals surface area contributed by atoms with Gasteiger partial charge in [-0.05, 0) is 29.8 Å². The lowest BCUT2D eigenvalue weighted by Gasteiger charge is -1.95. The molecule has 0 aliphatic carbocycles. The van der Waals surface area contributed by atoms with Gasteiger partial charge in [-0.1, -0.05) is 41.0 Å². The Hall–Kier alpha value is -1.91. The summed E-state index contributed by atoms with van der Waals surface area (Å²) in [4.78, 5) is 9.74. The van der Waals surface area contributed by atoms with Crippen LogP contribution in [0.1, 0.15) is 10.6 Å². The molecule has 3 aromatic rings. The lowest BCUT2D eigenvalue weighted by Crippen LogP contribution is -1.87. The molecular formula is C15H11ClN2OS. The molecule has 0 aliphatic heterocycles. The molecule has 1 aromatic heterocycles. The number of oxime groups is 1. The van der Waals surface area contributed by atoms with Crippen LogP contribution in [0.3, 0.4) is 0 Å². The highest BCUT2D eigenvalue weighted by molar-refractivity contribution is 7.18. The van der Waals surface area contributed by atoms with Crippen LogP contribution in [0.15, 0.2) is 53.7 Å². The van der Waals surface area contributed by atoms with E-state index in [2.05, 4.69) is 10.1 Å². The number of hydrogen-bond acceptors (Lipinski definition) is 4. The molecule has 0 atom stereocenters. The summed E-state index contributed by atoms with van der Waals surface area (Å²) in [7, 11) is 0. The van der Waals surface area contributed by atoms with Gasteiger partial charge < -0.3 is 4.84 Å². The van der Waals surface area contributed by atoms with Crippen LogP contribution in [-0.4, -0.2) is 11.2 Å². The first-order chi connectivity index (χ1) is 9.81. The molecule has 0 aliphatic rings. The van der Waals surface area contributed by atoms with Crippen LogP contribution in [0.2, 0.25) is 5.02 Å². The summed E-state index contributed by atoms with van der Waals surface area (Å²) in [6.45, 7) is 0.378. The standard InChI is InChI=1S/C15H11ClN2OS/c16-12-7-5-11(6-8-12)9-17-19-10-15-18-13-3-1-2-4-14(13)20-15/h1-9H,10H2/b17-9-. The Morgan fingerprint density at radius 1 is 1.15 bits per heavy atom. The molecule has 0 bridgehead atoms.